The highest BCUT2D eigenvalue weighted by Gasteiger charge is 2.11. The smallest absolute Gasteiger partial charge is 0.0677 e. The van der Waals surface area contributed by atoms with Gasteiger partial charge in [0.25, 0.3) is 0 Å². The molecule has 0 unspecified atom stereocenters. The van der Waals surface area contributed by atoms with Gasteiger partial charge in [-0.15, -0.1) is 0 Å². The molecule has 0 radical (unpaired) electrons. The highest BCUT2D eigenvalue weighted by atomic mass is 15.0. The van der Waals surface area contributed by atoms with Gasteiger partial charge in [-0.1, -0.05) is 48.5 Å². The van der Waals surface area contributed by atoms with Crippen LogP contribution in [0.3, 0.4) is 0 Å². The van der Waals surface area contributed by atoms with Gasteiger partial charge in [-0.25, -0.2) is 0 Å². The van der Waals surface area contributed by atoms with Gasteiger partial charge in [0.2, 0.25) is 0 Å². The number of hydrogen-bond donors (Lipinski definition) is 1. The second kappa shape index (κ2) is 6.69. The summed E-state index contributed by atoms with van der Waals surface area (Å²) in [4.78, 5) is 4.69. The van der Waals surface area contributed by atoms with Crippen LogP contribution in [0.1, 0.15) is 31.1 Å². The lowest BCUT2D eigenvalue weighted by Gasteiger charge is -2.14. The van der Waals surface area contributed by atoms with Gasteiger partial charge in [-0.2, -0.15) is 0 Å². The van der Waals surface area contributed by atoms with Crippen molar-refractivity contribution < 1.29 is 0 Å². The number of aromatic nitrogens is 2. The second-order valence-corrected chi connectivity index (χ2v) is 6.47. The van der Waals surface area contributed by atoms with Gasteiger partial charge in [0.15, 0.2) is 0 Å². The molecule has 2 aromatic carbocycles. The van der Waals surface area contributed by atoms with Gasteiger partial charge in [-0.3, -0.25) is 4.98 Å². The van der Waals surface area contributed by atoms with Crippen LogP contribution in [0.25, 0.3) is 21.8 Å². The molecule has 0 amide bonds. The Kier molecular flexibility index (Phi) is 4.24. The molecule has 1 atom stereocenters. The van der Waals surface area contributed by atoms with Crippen LogP contribution in [0, 0.1) is 0 Å². The third-order valence-corrected chi connectivity index (χ3v) is 4.92. The van der Waals surface area contributed by atoms with E-state index in [1.165, 1.54) is 27.4 Å². The molecule has 0 saturated carbocycles. The Morgan fingerprint density at radius 1 is 0.960 bits per heavy atom. The molecule has 25 heavy (non-hydrogen) atoms. The monoisotopic (exact) mass is 329 g/mol. The maximum atomic E-state index is 4.69. The van der Waals surface area contributed by atoms with Crippen LogP contribution < -0.4 is 5.32 Å². The lowest BCUT2D eigenvalue weighted by Crippen LogP contribution is -2.18. The summed E-state index contributed by atoms with van der Waals surface area (Å²) in [6.07, 6.45) is 2.02. The van der Waals surface area contributed by atoms with E-state index in [-0.39, 0.29) is 0 Å². The van der Waals surface area contributed by atoms with E-state index >= 15 is 0 Å². The van der Waals surface area contributed by atoms with Crippen molar-refractivity contribution in [3.63, 3.8) is 0 Å². The normalized spacial score (nSPS) is 12.7. The first kappa shape index (κ1) is 15.9. The van der Waals surface area contributed by atoms with Gasteiger partial charge in [0.1, 0.15) is 0 Å². The first-order chi connectivity index (χ1) is 12.3. The second-order valence-electron chi connectivity index (χ2n) is 6.47. The van der Waals surface area contributed by atoms with Crippen LogP contribution in [0.15, 0.2) is 66.9 Å². The fourth-order valence-corrected chi connectivity index (χ4v) is 3.54. The summed E-state index contributed by atoms with van der Waals surface area (Å²) in [5.74, 6) is 0. The Hall–Kier alpha value is -2.65. The number of benzene rings is 2. The van der Waals surface area contributed by atoms with E-state index in [2.05, 4.69) is 84.4 Å². The SMILES string of the molecule is CCn1c2ccccc2c2cc(CN[C@H](C)c3ccccc3)ncc21. The van der Waals surface area contributed by atoms with E-state index in [1.54, 1.807) is 0 Å². The van der Waals surface area contributed by atoms with Crippen molar-refractivity contribution in [3.05, 3.63) is 78.1 Å². The van der Waals surface area contributed by atoms with E-state index < -0.39 is 0 Å². The van der Waals surface area contributed by atoms with Crippen molar-refractivity contribution in [1.29, 1.82) is 0 Å². The quantitative estimate of drug-likeness (QED) is 0.554. The van der Waals surface area contributed by atoms with Crippen LogP contribution in [-0.2, 0) is 13.1 Å². The summed E-state index contributed by atoms with van der Waals surface area (Å²) in [5, 5.41) is 6.17. The Bertz CT molecular complexity index is 1000. The van der Waals surface area contributed by atoms with E-state index in [4.69, 9.17) is 4.98 Å². The molecule has 3 nitrogen and oxygen atoms in total. The fourth-order valence-electron chi connectivity index (χ4n) is 3.54. The zero-order valence-electron chi connectivity index (χ0n) is 14.7. The minimum atomic E-state index is 0.302. The Labute approximate surface area is 148 Å². The average Bonchev–Trinajstić information content (AvgIpc) is 3.00. The predicted octanol–water partition coefficient (Wildman–Crippen LogP) is 5.06. The summed E-state index contributed by atoms with van der Waals surface area (Å²) in [6.45, 7) is 6.09. The fraction of sp³-hybridized carbons (Fsp3) is 0.227. The van der Waals surface area contributed by atoms with Crippen molar-refractivity contribution in [2.24, 2.45) is 0 Å². The number of hydrogen-bond acceptors (Lipinski definition) is 2. The topological polar surface area (TPSA) is 29.9 Å². The molecule has 4 rings (SSSR count). The Morgan fingerprint density at radius 3 is 2.52 bits per heavy atom. The van der Waals surface area contributed by atoms with Crippen LogP contribution >= 0.6 is 0 Å². The van der Waals surface area contributed by atoms with Crippen LogP contribution in [0.2, 0.25) is 0 Å². The minimum absolute atomic E-state index is 0.302. The average molecular weight is 329 g/mol. The summed E-state index contributed by atoms with van der Waals surface area (Å²) in [7, 11) is 0. The van der Waals surface area contributed by atoms with Crippen molar-refractivity contribution in [1.82, 2.24) is 14.9 Å². The first-order valence-corrected chi connectivity index (χ1v) is 8.92. The molecule has 0 aliphatic heterocycles. The number of aryl methyl sites for hydroxylation is 1. The minimum Gasteiger partial charge on any atom is -0.339 e. The van der Waals surface area contributed by atoms with Crippen LogP contribution in [0.5, 0.6) is 0 Å². The molecule has 0 aliphatic carbocycles. The molecule has 0 aliphatic rings. The molecule has 126 valence electrons. The van der Waals surface area contributed by atoms with Gasteiger partial charge in [0.05, 0.1) is 17.4 Å². The number of para-hydroxylation sites is 1. The number of nitrogens with zero attached hydrogens (tertiary/aromatic N) is 2. The number of nitrogens with one attached hydrogen (secondary N) is 1. The number of pyridine rings is 1. The van der Waals surface area contributed by atoms with Crippen LogP contribution in [-0.4, -0.2) is 9.55 Å². The number of rotatable bonds is 5. The lowest BCUT2D eigenvalue weighted by atomic mass is 10.1. The zero-order chi connectivity index (χ0) is 17.2. The van der Waals surface area contributed by atoms with Crippen molar-refractivity contribution in [2.75, 3.05) is 0 Å². The molecular formula is C22H23N3. The van der Waals surface area contributed by atoms with Crippen molar-refractivity contribution in [2.45, 2.75) is 33.0 Å². The highest BCUT2D eigenvalue weighted by molar-refractivity contribution is 6.07. The third-order valence-electron chi connectivity index (χ3n) is 4.92. The molecule has 3 heteroatoms. The first-order valence-electron chi connectivity index (χ1n) is 8.92. The predicted molar refractivity (Wildman–Crippen MR) is 105 cm³/mol. The molecule has 2 aromatic heterocycles. The molecule has 2 heterocycles. The Morgan fingerprint density at radius 2 is 1.72 bits per heavy atom. The van der Waals surface area contributed by atoms with Gasteiger partial charge >= 0.3 is 0 Å². The third kappa shape index (κ3) is 2.92. The van der Waals surface area contributed by atoms with Crippen LogP contribution in [0.4, 0.5) is 0 Å². The molecule has 1 N–H and O–H groups in total. The summed E-state index contributed by atoms with van der Waals surface area (Å²) < 4.78 is 2.33. The summed E-state index contributed by atoms with van der Waals surface area (Å²) >= 11 is 0. The van der Waals surface area contributed by atoms with Gasteiger partial charge in [-0.05, 0) is 31.5 Å². The number of fused-ring (bicyclic) bond motifs is 3. The molecule has 0 spiro atoms. The maximum absolute atomic E-state index is 4.69. The molecule has 0 fully saturated rings. The largest absolute Gasteiger partial charge is 0.339 e. The van der Waals surface area contributed by atoms with E-state index in [0.717, 1.165) is 18.8 Å². The molecular weight excluding hydrogens is 306 g/mol. The van der Waals surface area contributed by atoms with Crippen molar-refractivity contribution in [3.8, 4) is 0 Å². The van der Waals surface area contributed by atoms with E-state index in [9.17, 15) is 0 Å². The van der Waals surface area contributed by atoms with Gasteiger partial charge in [0, 0.05) is 35.4 Å². The zero-order valence-corrected chi connectivity index (χ0v) is 14.7. The summed E-state index contributed by atoms with van der Waals surface area (Å²) in [6, 6.07) is 21.7. The lowest BCUT2D eigenvalue weighted by molar-refractivity contribution is 0.568. The van der Waals surface area contributed by atoms with E-state index in [0.29, 0.717) is 6.04 Å². The standard InChI is InChI=1S/C22H23N3/c1-3-25-21-12-8-7-11-19(21)20-13-18(24-15-22(20)25)14-23-16(2)17-9-5-4-6-10-17/h4-13,15-16,23H,3,14H2,1-2H3/t16-/m1/s1. The van der Waals surface area contributed by atoms with Crippen molar-refractivity contribution >= 4 is 21.8 Å². The highest BCUT2D eigenvalue weighted by Crippen LogP contribution is 2.28. The molecule has 0 saturated heterocycles. The maximum Gasteiger partial charge on any atom is 0.0677 e. The summed E-state index contributed by atoms with van der Waals surface area (Å²) in [5.41, 5.74) is 4.87. The molecule has 0 bridgehead atoms. The van der Waals surface area contributed by atoms with E-state index in [1.807, 2.05) is 6.20 Å². The Balaban J connectivity index is 1.64. The molecule has 4 aromatic rings. The van der Waals surface area contributed by atoms with Gasteiger partial charge < -0.3 is 9.88 Å².